The van der Waals surface area contributed by atoms with Crippen LogP contribution in [0.25, 0.3) is 0 Å². The molecule has 0 radical (unpaired) electrons. The summed E-state index contributed by atoms with van der Waals surface area (Å²) in [5, 5.41) is 11.8. The van der Waals surface area contributed by atoms with E-state index in [-0.39, 0.29) is 11.9 Å². The maximum atomic E-state index is 12.3. The molecular formula is C17H23N3O. The maximum absolute atomic E-state index is 12.3. The Morgan fingerprint density at radius 2 is 2.05 bits per heavy atom. The molecule has 4 nitrogen and oxygen atoms in total. The van der Waals surface area contributed by atoms with Gasteiger partial charge in [0.25, 0.3) is 0 Å². The lowest BCUT2D eigenvalue weighted by Gasteiger charge is -2.39. The number of anilines is 1. The second-order valence-electron chi connectivity index (χ2n) is 6.56. The number of hydrogen-bond donors (Lipinski definition) is 1. The molecule has 1 atom stereocenters. The van der Waals surface area contributed by atoms with Gasteiger partial charge in [-0.3, -0.25) is 9.69 Å². The minimum atomic E-state index is -0.146. The Labute approximate surface area is 126 Å². The van der Waals surface area contributed by atoms with E-state index < -0.39 is 0 Å². The molecule has 4 heteroatoms. The summed E-state index contributed by atoms with van der Waals surface area (Å²) in [7, 11) is 0. The number of hydrogen-bond acceptors (Lipinski definition) is 3. The zero-order valence-electron chi connectivity index (χ0n) is 13.0. The lowest BCUT2D eigenvalue weighted by molar-refractivity contribution is -0.121. The summed E-state index contributed by atoms with van der Waals surface area (Å²) in [6.45, 7) is 8.42. The number of nitriles is 1. The van der Waals surface area contributed by atoms with E-state index in [2.05, 4.69) is 30.1 Å². The fraction of sp³-hybridized carbons (Fsp3) is 0.529. The van der Waals surface area contributed by atoms with Gasteiger partial charge in [0.1, 0.15) is 0 Å². The number of amides is 1. The molecule has 1 unspecified atom stereocenters. The van der Waals surface area contributed by atoms with Crippen molar-refractivity contribution in [2.75, 3.05) is 18.4 Å². The summed E-state index contributed by atoms with van der Waals surface area (Å²) in [5.74, 6) is -0.00945. The smallest absolute Gasteiger partial charge is 0.241 e. The highest BCUT2D eigenvalue weighted by atomic mass is 16.2. The first kappa shape index (κ1) is 15.5. The highest BCUT2D eigenvalue weighted by molar-refractivity contribution is 5.94. The Morgan fingerprint density at radius 1 is 1.38 bits per heavy atom. The van der Waals surface area contributed by atoms with Gasteiger partial charge in [-0.2, -0.15) is 5.26 Å². The van der Waals surface area contributed by atoms with E-state index in [9.17, 15) is 4.79 Å². The van der Waals surface area contributed by atoms with E-state index in [0.29, 0.717) is 16.7 Å². The number of carbonyl (C=O) groups is 1. The predicted molar refractivity (Wildman–Crippen MR) is 83.8 cm³/mol. The molecule has 1 aromatic rings. The lowest BCUT2D eigenvalue weighted by atomic mass is 9.82. The Hall–Kier alpha value is -1.86. The Morgan fingerprint density at radius 3 is 2.67 bits per heavy atom. The third-order valence-corrected chi connectivity index (χ3v) is 4.34. The van der Waals surface area contributed by atoms with Crippen LogP contribution in [-0.2, 0) is 4.79 Å². The van der Waals surface area contributed by atoms with E-state index in [1.807, 2.05) is 13.0 Å². The Kier molecular flexibility index (Phi) is 4.64. The van der Waals surface area contributed by atoms with Crippen LogP contribution in [0, 0.1) is 16.7 Å². The fourth-order valence-corrected chi connectivity index (χ4v) is 2.60. The number of nitrogens with one attached hydrogen (secondary N) is 1. The van der Waals surface area contributed by atoms with E-state index in [1.54, 1.807) is 18.2 Å². The van der Waals surface area contributed by atoms with Crippen molar-refractivity contribution in [1.29, 1.82) is 5.26 Å². The first-order chi connectivity index (χ1) is 9.91. The molecule has 1 aromatic carbocycles. The van der Waals surface area contributed by atoms with Crippen LogP contribution < -0.4 is 5.32 Å². The average Bonchev–Trinajstić information content (AvgIpc) is 2.46. The molecule has 112 valence electrons. The first-order valence-electron chi connectivity index (χ1n) is 7.46. The van der Waals surface area contributed by atoms with Crippen LogP contribution >= 0.6 is 0 Å². The predicted octanol–water partition coefficient (Wildman–Crippen LogP) is 3.01. The largest absolute Gasteiger partial charge is 0.325 e. The highest BCUT2D eigenvalue weighted by Crippen LogP contribution is 2.30. The second kappa shape index (κ2) is 6.28. The minimum absolute atomic E-state index is 0.00945. The summed E-state index contributed by atoms with van der Waals surface area (Å²) in [5.41, 5.74) is 1.62. The molecule has 0 bridgehead atoms. The van der Waals surface area contributed by atoms with Gasteiger partial charge < -0.3 is 5.32 Å². The molecule has 1 aliphatic heterocycles. The second-order valence-corrected chi connectivity index (χ2v) is 6.56. The number of carbonyl (C=O) groups excluding carboxylic acids is 1. The van der Waals surface area contributed by atoms with Gasteiger partial charge in [-0.1, -0.05) is 19.9 Å². The standard InChI is InChI=1S/C17H23N3O/c1-13(20-9-7-17(2,3)8-10-20)16(21)19-15-6-4-5-14(11-15)12-18/h4-6,11,13H,7-10H2,1-3H3,(H,19,21). The first-order valence-corrected chi connectivity index (χ1v) is 7.46. The van der Waals surface area contributed by atoms with Crippen molar-refractivity contribution in [3.8, 4) is 6.07 Å². The molecule has 0 aliphatic carbocycles. The average molecular weight is 285 g/mol. The van der Waals surface area contributed by atoms with Gasteiger partial charge in [0.15, 0.2) is 0 Å². The monoisotopic (exact) mass is 285 g/mol. The van der Waals surface area contributed by atoms with Crippen molar-refractivity contribution in [3.05, 3.63) is 29.8 Å². The number of rotatable bonds is 3. The van der Waals surface area contributed by atoms with Gasteiger partial charge in [-0.15, -0.1) is 0 Å². The zero-order chi connectivity index (χ0) is 15.5. The number of piperidine rings is 1. The molecule has 1 amide bonds. The molecule has 1 heterocycles. The molecule has 2 rings (SSSR count). The summed E-state index contributed by atoms with van der Waals surface area (Å²) >= 11 is 0. The van der Waals surface area contributed by atoms with Crippen LogP contribution in [0.3, 0.4) is 0 Å². The van der Waals surface area contributed by atoms with Crippen LogP contribution in [0.2, 0.25) is 0 Å². The van der Waals surface area contributed by atoms with Gasteiger partial charge in [-0.25, -0.2) is 0 Å². The maximum Gasteiger partial charge on any atom is 0.241 e. The Balaban J connectivity index is 1.95. The Bertz CT molecular complexity index is 549. The van der Waals surface area contributed by atoms with Crippen LogP contribution in [0.1, 0.15) is 39.2 Å². The molecule has 1 aliphatic rings. The molecule has 0 aromatic heterocycles. The van der Waals surface area contributed by atoms with E-state index in [0.717, 1.165) is 25.9 Å². The van der Waals surface area contributed by atoms with Crippen LogP contribution in [-0.4, -0.2) is 29.9 Å². The van der Waals surface area contributed by atoms with E-state index in [1.165, 1.54) is 0 Å². The summed E-state index contributed by atoms with van der Waals surface area (Å²) in [4.78, 5) is 14.6. The third-order valence-electron chi connectivity index (χ3n) is 4.34. The van der Waals surface area contributed by atoms with Crippen molar-refractivity contribution in [2.24, 2.45) is 5.41 Å². The lowest BCUT2D eigenvalue weighted by Crippen LogP contribution is -2.47. The highest BCUT2D eigenvalue weighted by Gasteiger charge is 2.30. The number of nitrogens with zero attached hydrogens (tertiary/aromatic N) is 2. The summed E-state index contributed by atoms with van der Waals surface area (Å²) < 4.78 is 0. The van der Waals surface area contributed by atoms with Crippen LogP contribution in [0.5, 0.6) is 0 Å². The topological polar surface area (TPSA) is 56.1 Å². The van der Waals surface area contributed by atoms with E-state index in [4.69, 9.17) is 5.26 Å². The fourth-order valence-electron chi connectivity index (χ4n) is 2.60. The van der Waals surface area contributed by atoms with Gasteiger partial charge in [0, 0.05) is 5.69 Å². The van der Waals surface area contributed by atoms with Crippen LogP contribution in [0.15, 0.2) is 24.3 Å². The van der Waals surface area contributed by atoms with Crippen molar-refractivity contribution < 1.29 is 4.79 Å². The zero-order valence-corrected chi connectivity index (χ0v) is 13.0. The van der Waals surface area contributed by atoms with Crippen molar-refractivity contribution in [1.82, 2.24) is 4.90 Å². The quantitative estimate of drug-likeness (QED) is 0.928. The minimum Gasteiger partial charge on any atom is -0.325 e. The summed E-state index contributed by atoms with van der Waals surface area (Å²) in [6.07, 6.45) is 2.24. The normalized spacial score (nSPS) is 19.5. The van der Waals surface area contributed by atoms with Gasteiger partial charge >= 0.3 is 0 Å². The molecular weight excluding hydrogens is 262 g/mol. The molecule has 1 N–H and O–H groups in total. The molecule has 1 fully saturated rings. The van der Waals surface area contributed by atoms with Crippen molar-refractivity contribution >= 4 is 11.6 Å². The number of likely N-dealkylation sites (tertiary alicyclic amines) is 1. The molecule has 1 saturated heterocycles. The van der Waals surface area contributed by atoms with Crippen molar-refractivity contribution in [2.45, 2.75) is 39.7 Å². The summed E-state index contributed by atoms with van der Waals surface area (Å²) in [6, 6.07) is 8.95. The van der Waals surface area contributed by atoms with Gasteiger partial charge in [0.05, 0.1) is 17.7 Å². The van der Waals surface area contributed by atoms with Gasteiger partial charge in [-0.05, 0) is 56.5 Å². The van der Waals surface area contributed by atoms with Crippen LogP contribution in [0.4, 0.5) is 5.69 Å². The van der Waals surface area contributed by atoms with E-state index >= 15 is 0 Å². The number of benzene rings is 1. The molecule has 21 heavy (non-hydrogen) atoms. The van der Waals surface area contributed by atoms with Gasteiger partial charge in [0.2, 0.25) is 5.91 Å². The molecule has 0 saturated carbocycles. The third kappa shape index (κ3) is 4.05. The SMILES string of the molecule is CC(C(=O)Nc1cccc(C#N)c1)N1CCC(C)(C)CC1. The molecule has 0 spiro atoms. The van der Waals surface area contributed by atoms with Crippen molar-refractivity contribution in [3.63, 3.8) is 0 Å².